The number of carboxylic acids is 1. The smallest absolute Gasteiger partial charge is 0.309 e. The van der Waals surface area contributed by atoms with Gasteiger partial charge in [-0.3, -0.25) is 9.59 Å². The maximum atomic E-state index is 11.7. The Hall–Kier alpha value is -2.35. The molecule has 1 amide bonds. The van der Waals surface area contributed by atoms with Crippen molar-refractivity contribution in [3.63, 3.8) is 0 Å². The first-order chi connectivity index (χ1) is 8.56. The fourth-order valence-electron chi connectivity index (χ4n) is 2.37. The predicted octanol–water partition coefficient (Wildman–Crippen LogP) is 1.16. The molecule has 92 valence electrons. The van der Waals surface area contributed by atoms with Gasteiger partial charge in [-0.15, -0.1) is 0 Å². The summed E-state index contributed by atoms with van der Waals surface area (Å²) < 4.78 is 0. The molecule has 0 aliphatic carbocycles. The minimum absolute atomic E-state index is 0.0176. The maximum absolute atomic E-state index is 11.7. The van der Waals surface area contributed by atoms with Crippen molar-refractivity contribution in [1.29, 1.82) is 5.26 Å². The van der Waals surface area contributed by atoms with E-state index < -0.39 is 17.9 Å². The molecule has 0 bridgehead atoms. The number of carboxylic acid groups (broad SMARTS) is 1. The highest BCUT2D eigenvalue weighted by atomic mass is 16.4. The second-order valence-electron chi connectivity index (χ2n) is 4.30. The molecule has 5 heteroatoms. The molecule has 2 atom stereocenters. The van der Waals surface area contributed by atoms with Crippen LogP contribution in [0, 0.1) is 17.2 Å². The van der Waals surface area contributed by atoms with Gasteiger partial charge in [-0.2, -0.15) is 5.26 Å². The zero-order chi connectivity index (χ0) is 13.3. The Morgan fingerprint density at radius 1 is 1.50 bits per heavy atom. The Balaban J connectivity index is 2.50. The van der Waals surface area contributed by atoms with Crippen molar-refractivity contribution in [3.8, 4) is 6.07 Å². The summed E-state index contributed by atoms with van der Waals surface area (Å²) in [6, 6.07) is 8.26. The molecule has 18 heavy (non-hydrogen) atoms. The molecule has 1 heterocycles. The van der Waals surface area contributed by atoms with Crippen LogP contribution in [-0.2, 0) is 9.59 Å². The summed E-state index contributed by atoms with van der Waals surface area (Å²) in [6.45, 7) is 0. The van der Waals surface area contributed by atoms with Gasteiger partial charge in [0.25, 0.3) is 0 Å². The number of carbonyl (C=O) groups is 2. The van der Waals surface area contributed by atoms with Crippen molar-refractivity contribution < 1.29 is 14.7 Å². The van der Waals surface area contributed by atoms with Crippen LogP contribution < -0.4 is 0 Å². The lowest BCUT2D eigenvalue weighted by atomic mass is 9.91. The number of rotatable bonds is 2. The van der Waals surface area contributed by atoms with Crippen LogP contribution in [0.2, 0.25) is 0 Å². The lowest BCUT2D eigenvalue weighted by Gasteiger charge is -2.24. The summed E-state index contributed by atoms with van der Waals surface area (Å²) >= 11 is 0. The number of aliphatic carboxylic acids is 1. The summed E-state index contributed by atoms with van der Waals surface area (Å²) in [5.74, 6) is -2.01. The minimum Gasteiger partial charge on any atom is -0.481 e. The molecule has 2 rings (SSSR count). The van der Waals surface area contributed by atoms with E-state index in [4.69, 9.17) is 5.26 Å². The molecular formula is C13H12N2O3. The van der Waals surface area contributed by atoms with Gasteiger partial charge >= 0.3 is 5.97 Å². The fraction of sp³-hybridized carbons (Fsp3) is 0.308. The van der Waals surface area contributed by atoms with Crippen molar-refractivity contribution >= 4 is 11.9 Å². The van der Waals surface area contributed by atoms with Gasteiger partial charge in [-0.1, -0.05) is 18.2 Å². The molecule has 1 aliphatic heterocycles. The number of hydrogen-bond acceptors (Lipinski definition) is 3. The largest absolute Gasteiger partial charge is 0.481 e. The predicted molar refractivity (Wildman–Crippen MR) is 62.4 cm³/mol. The van der Waals surface area contributed by atoms with Gasteiger partial charge in [0.15, 0.2) is 0 Å². The zero-order valence-electron chi connectivity index (χ0n) is 9.83. The molecular weight excluding hydrogens is 232 g/mol. The molecule has 2 unspecified atom stereocenters. The first-order valence-electron chi connectivity index (χ1n) is 5.53. The number of amides is 1. The Morgan fingerprint density at radius 3 is 2.78 bits per heavy atom. The Bertz CT molecular complexity index is 547. The van der Waals surface area contributed by atoms with Gasteiger partial charge in [0, 0.05) is 13.5 Å². The van der Waals surface area contributed by atoms with E-state index >= 15 is 0 Å². The van der Waals surface area contributed by atoms with E-state index in [0.29, 0.717) is 11.1 Å². The van der Waals surface area contributed by atoms with Gasteiger partial charge in [-0.05, 0) is 11.6 Å². The lowest BCUT2D eigenvalue weighted by Crippen LogP contribution is -2.27. The highest BCUT2D eigenvalue weighted by Gasteiger charge is 2.43. The van der Waals surface area contributed by atoms with E-state index in [0.717, 1.165) is 0 Å². The Labute approximate surface area is 104 Å². The van der Waals surface area contributed by atoms with E-state index in [-0.39, 0.29) is 12.3 Å². The molecule has 0 radical (unpaired) electrons. The summed E-state index contributed by atoms with van der Waals surface area (Å²) in [7, 11) is 1.57. The van der Waals surface area contributed by atoms with Crippen LogP contribution in [0.15, 0.2) is 24.3 Å². The molecule has 1 aliphatic rings. The van der Waals surface area contributed by atoms with Crippen LogP contribution in [0.5, 0.6) is 0 Å². The first-order valence-corrected chi connectivity index (χ1v) is 5.53. The number of nitriles is 1. The standard InChI is InChI=1S/C13H12N2O3/c1-15-11(16)6-10(13(17)18)12(15)9-5-3-2-4-8(9)7-14/h2-5,10,12H,6H2,1H3,(H,17,18). The number of benzene rings is 1. The van der Waals surface area contributed by atoms with Crippen LogP contribution in [0.3, 0.4) is 0 Å². The normalized spacial score (nSPS) is 22.9. The summed E-state index contributed by atoms with van der Waals surface area (Å²) in [6.07, 6.45) is -0.0176. The average molecular weight is 244 g/mol. The molecule has 0 aromatic heterocycles. The Morgan fingerprint density at radius 2 is 2.17 bits per heavy atom. The third kappa shape index (κ3) is 1.82. The van der Waals surface area contributed by atoms with E-state index in [9.17, 15) is 14.7 Å². The van der Waals surface area contributed by atoms with Gasteiger partial charge in [0.1, 0.15) is 0 Å². The van der Waals surface area contributed by atoms with Crippen molar-refractivity contribution in [1.82, 2.24) is 4.90 Å². The van der Waals surface area contributed by atoms with Gasteiger partial charge in [0.2, 0.25) is 5.91 Å². The maximum Gasteiger partial charge on any atom is 0.309 e. The van der Waals surface area contributed by atoms with Crippen molar-refractivity contribution in [3.05, 3.63) is 35.4 Å². The lowest BCUT2D eigenvalue weighted by molar-refractivity contribution is -0.142. The van der Waals surface area contributed by atoms with Crippen LogP contribution in [-0.4, -0.2) is 28.9 Å². The van der Waals surface area contributed by atoms with Crippen molar-refractivity contribution in [2.24, 2.45) is 5.92 Å². The van der Waals surface area contributed by atoms with E-state index in [1.807, 2.05) is 6.07 Å². The molecule has 1 aromatic carbocycles. The van der Waals surface area contributed by atoms with Gasteiger partial charge in [0.05, 0.1) is 23.6 Å². The van der Waals surface area contributed by atoms with Crippen molar-refractivity contribution in [2.75, 3.05) is 7.05 Å². The number of carbonyl (C=O) groups excluding carboxylic acids is 1. The first kappa shape index (κ1) is 12.1. The summed E-state index contributed by atoms with van der Waals surface area (Å²) in [5.41, 5.74) is 1.01. The quantitative estimate of drug-likeness (QED) is 0.846. The van der Waals surface area contributed by atoms with Gasteiger partial charge < -0.3 is 10.0 Å². The SMILES string of the molecule is CN1C(=O)CC(C(=O)O)C1c1ccccc1C#N. The summed E-state index contributed by atoms with van der Waals surface area (Å²) in [4.78, 5) is 24.3. The second-order valence-corrected chi connectivity index (χ2v) is 4.30. The third-order valence-electron chi connectivity index (χ3n) is 3.30. The number of nitrogens with zero attached hydrogens (tertiary/aromatic N) is 2. The van der Waals surface area contributed by atoms with E-state index in [2.05, 4.69) is 0 Å². The number of hydrogen-bond donors (Lipinski definition) is 1. The van der Waals surface area contributed by atoms with Crippen LogP contribution in [0.25, 0.3) is 0 Å². The highest BCUT2D eigenvalue weighted by Crippen LogP contribution is 2.38. The summed E-state index contributed by atoms with van der Waals surface area (Å²) in [5, 5.41) is 18.2. The molecule has 0 spiro atoms. The topological polar surface area (TPSA) is 81.4 Å². The second kappa shape index (κ2) is 4.49. The fourth-order valence-corrected chi connectivity index (χ4v) is 2.37. The molecule has 0 saturated carbocycles. The average Bonchev–Trinajstić information content (AvgIpc) is 2.66. The number of likely N-dealkylation sites (tertiary alicyclic amines) is 1. The van der Waals surface area contributed by atoms with E-state index in [1.54, 1.807) is 31.3 Å². The van der Waals surface area contributed by atoms with Crippen molar-refractivity contribution in [2.45, 2.75) is 12.5 Å². The van der Waals surface area contributed by atoms with Crippen LogP contribution in [0.4, 0.5) is 0 Å². The molecule has 5 nitrogen and oxygen atoms in total. The van der Waals surface area contributed by atoms with Crippen LogP contribution in [0.1, 0.15) is 23.6 Å². The highest BCUT2D eigenvalue weighted by molar-refractivity contribution is 5.87. The zero-order valence-corrected chi connectivity index (χ0v) is 9.83. The third-order valence-corrected chi connectivity index (χ3v) is 3.30. The minimum atomic E-state index is -1.01. The molecule has 1 saturated heterocycles. The van der Waals surface area contributed by atoms with E-state index in [1.165, 1.54) is 4.90 Å². The molecule has 1 aromatic rings. The Kier molecular flexibility index (Phi) is 3.02. The van der Waals surface area contributed by atoms with Gasteiger partial charge in [-0.25, -0.2) is 0 Å². The van der Waals surface area contributed by atoms with Crippen LogP contribution >= 0.6 is 0 Å². The molecule has 1 fully saturated rings. The molecule has 1 N–H and O–H groups in total. The monoisotopic (exact) mass is 244 g/mol.